The van der Waals surface area contributed by atoms with Gasteiger partial charge in [0.1, 0.15) is 0 Å². The molecular formula is C14H18S. The molecular weight excluding hydrogens is 200 g/mol. The van der Waals surface area contributed by atoms with Gasteiger partial charge in [-0.05, 0) is 35.4 Å². The van der Waals surface area contributed by atoms with Gasteiger partial charge in [0.05, 0.1) is 0 Å². The lowest BCUT2D eigenvalue weighted by Crippen LogP contribution is -2.18. The first kappa shape index (κ1) is 10.7. The standard InChI is InChI=1S/C14H18S/c1-4-11-9-10-15-13(11)14(2,3)12-7-5-6-8-12/h5,7-10H,4,6H2,1-3H3. The molecule has 0 fully saturated rings. The van der Waals surface area contributed by atoms with E-state index in [1.54, 1.807) is 0 Å². The molecule has 1 aliphatic rings. The van der Waals surface area contributed by atoms with Crippen LogP contribution in [0.25, 0.3) is 0 Å². The number of hydrogen-bond acceptors (Lipinski definition) is 1. The van der Waals surface area contributed by atoms with E-state index in [4.69, 9.17) is 0 Å². The van der Waals surface area contributed by atoms with Crippen LogP contribution in [-0.2, 0) is 11.8 Å². The fourth-order valence-corrected chi connectivity index (χ4v) is 3.36. The predicted molar refractivity (Wildman–Crippen MR) is 68.6 cm³/mol. The third-order valence-electron chi connectivity index (χ3n) is 3.19. The third kappa shape index (κ3) is 1.81. The molecule has 0 bridgehead atoms. The fraction of sp³-hybridized carbons (Fsp3) is 0.429. The molecule has 1 aromatic heterocycles. The zero-order valence-electron chi connectivity index (χ0n) is 9.71. The molecule has 0 aromatic carbocycles. The predicted octanol–water partition coefficient (Wildman–Crippen LogP) is 4.47. The van der Waals surface area contributed by atoms with E-state index < -0.39 is 0 Å². The lowest BCUT2D eigenvalue weighted by molar-refractivity contribution is 0.647. The number of allylic oxidation sites excluding steroid dienone is 4. The van der Waals surface area contributed by atoms with Crippen molar-refractivity contribution in [3.63, 3.8) is 0 Å². The first-order chi connectivity index (χ1) is 7.16. The summed E-state index contributed by atoms with van der Waals surface area (Å²) in [7, 11) is 0. The first-order valence-corrected chi connectivity index (χ1v) is 6.48. The van der Waals surface area contributed by atoms with Crippen molar-refractivity contribution in [3.8, 4) is 0 Å². The molecule has 1 heteroatoms. The number of rotatable bonds is 3. The Morgan fingerprint density at radius 3 is 2.80 bits per heavy atom. The molecule has 1 heterocycles. The molecule has 0 unspecified atom stereocenters. The summed E-state index contributed by atoms with van der Waals surface area (Å²) in [6.45, 7) is 6.90. The van der Waals surface area contributed by atoms with Gasteiger partial charge in [0.25, 0.3) is 0 Å². The average molecular weight is 218 g/mol. The maximum atomic E-state index is 2.35. The van der Waals surface area contributed by atoms with Crippen LogP contribution in [0.1, 0.15) is 37.6 Å². The van der Waals surface area contributed by atoms with Crippen LogP contribution in [0, 0.1) is 0 Å². The summed E-state index contributed by atoms with van der Waals surface area (Å²) in [4.78, 5) is 1.53. The number of hydrogen-bond donors (Lipinski definition) is 0. The van der Waals surface area contributed by atoms with Crippen LogP contribution in [0.15, 0.2) is 35.2 Å². The fourth-order valence-electron chi connectivity index (χ4n) is 2.22. The molecule has 0 aliphatic heterocycles. The van der Waals surface area contributed by atoms with Crippen LogP contribution in [0.4, 0.5) is 0 Å². The molecule has 0 saturated carbocycles. The van der Waals surface area contributed by atoms with Gasteiger partial charge >= 0.3 is 0 Å². The van der Waals surface area contributed by atoms with Crippen molar-refractivity contribution in [3.05, 3.63) is 45.7 Å². The molecule has 0 spiro atoms. The second kappa shape index (κ2) is 3.97. The summed E-state index contributed by atoms with van der Waals surface area (Å²) in [5.74, 6) is 0. The Kier molecular flexibility index (Phi) is 2.83. The van der Waals surface area contributed by atoms with Crippen LogP contribution in [0.2, 0.25) is 0 Å². The second-order valence-corrected chi connectivity index (χ2v) is 5.47. The smallest absolute Gasteiger partial charge is 0.0239 e. The van der Waals surface area contributed by atoms with Crippen molar-refractivity contribution >= 4 is 11.3 Å². The van der Waals surface area contributed by atoms with Gasteiger partial charge in [0, 0.05) is 10.3 Å². The molecule has 0 nitrogen and oxygen atoms in total. The van der Waals surface area contributed by atoms with Crippen molar-refractivity contribution in [1.82, 2.24) is 0 Å². The van der Waals surface area contributed by atoms with Gasteiger partial charge in [0.2, 0.25) is 0 Å². The Bertz CT molecular complexity index is 405. The second-order valence-electron chi connectivity index (χ2n) is 4.55. The van der Waals surface area contributed by atoms with Crippen molar-refractivity contribution in [2.45, 2.75) is 39.0 Å². The van der Waals surface area contributed by atoms with E-state index in [0.29, 0.717) is 0 Å². The molecule has 0 N–H and O–H groups in total. The molecule has 0 saturated heterocycles. The van der Waals surface area contributed by atoms with E-state index >= 15 is 0 Å². The van der Waals surface area contributed by atoms with Gasteiger partial charge in [-0.1, -0.05) is 39.0 Å². The highest BCUT2D eigenvalue weighted by Crippen LogP contribution is 2.39. The molecule has 1 aliphatic carbocycles. The van der Waals surface area contributed by atoms with Crippen LogP contribution in [-0.4, -0.2) is 0 Å². The van der Waals surface area contributed by atoms with Gasteiger partial charge in [-0.3, -0.25) is 0 Å². The molecule has 80 valence electrons. The van der Waals surface area contributed by atoms with Crippen molar-refractivity contribution in [2.24, 2.45) is 0 Å². The molecule has 15 heavy (non-hydrogen) atoms. The summed E-state index contributed by atoms with van der Waals surface area (Å²) in [6, 6.07) is 2.26. The highest BCUT2D eigenvalue weighted by atomic mass is 32.1. The topological polar surface area (TPSA) is 0 Å². The minimum atomic E-state index is 0.187. The van der Waals surface area contributed by atoms with Crippen molar-refractivity contribution in [1.29, 1.82) is 0 Å². The zero-order chi connectivity index (χ0) is 10.9. The van der Waals surface area contributed by atoms with Crippen LogP contribution in [0.5, 0.6) is 0 Å². The minimum Gasteiger partial charge on any atom is -0.148 e. The zero-order valence-corrected chi connectivity index (χ0v) is 10.5. The first-order valence-electron chi connectivity index (χ1n) is 5.60. The van der Waals surface area contributed by atoms with Gasteiger partial charge < -0.3 is 0 Å². The van der Waals surface area contributed by atoms with Gasteiger partial charge in [-0.25, -0.2) is 0 Å². The van der Waals surface area contributed by atoms with E-state index in [1.807, 2.05) is 11.3 Å². The van der Waals surface area contributed by atoms with E-state index in [9.17, 15) is 0 Å². The average Bonchev–Trinajstić information content (AvgIpc) is 2.89. The van der Waals surface area contributed by atoms with Crippen LogP contribution < -0.4 is 0 Å². The Morgan fingerprint density at radius 2 is 2.20 bits per heavy atom. The monoisotopic (exact) mass is 218 g/mol. The van der Waals surface area contributed by atoms with Crippen molar-refractivity contribution in [2.75, 3.05) is 0 Å². The van der Waals surface area contributed by atoms with E-state index in [0.717, 1.165) is 12.8 Å². The summed E-state index contributed by atoms with van der Waals surface area (Å²) >= 11 is 1.89. The molecule has 1 aromatic rings. The Labute approximate surface area is 96.3 Å². The normalized spacial score (nSPS) is 15.8. The minimum absolute atomic E-state index is 0.187. The van der Waals surface area contributed by atoms with E-state index in [1.165, 1.54) is 16.0 Å². The Hall–Kier alpha value is -0.820. The molecule has 0 radical (unpaired) electrons. The SMILES string of the molecule is CCc1ccsc1C(C)(C)C1=CCC=C1. The van der Waals surface area contributed by atoms with Crippen LogP contribution >= 0.6 is 11.3 Å². The maximum Gasteiger partial charge on any atom is 0.0239 e. The maximum absolute atomic E-state index is 2.35. The number of thiophene rings is 1. The van der Waals surface area contributed by atoms with Gasteiger partial charge in [-0.2, -0.15) is 0 Å². The van der Waals surface area contributed by atoms with E-state index in [2.05, 4.69) is 50.4 Å². The molecule has 2 rings (SSSR count). The molecule has 0 atom stereocenters. The molecule has 0 amide bonds. The summed E-state index contributed by atoms with van der Waals surface area (Å²) in [5.41, 5.74) is 3.16. The van der Waals surface area contributed by atoms with Gasteiger partial charge in [-0.15, -0.1) is 11.3 Å². The Morgan fingerprint density at radius 1 is 1.40 bits per heavy atom. The summed E-state index contributed by atoms with van der Waals surface area (Å²) < 4.78 is 0. The summed E-state index contributed by atoms with van der Waals surface area (Å²) in [5, 5.41) is 2.22. The largest absolute Gasteiger partial charge is 0.148 e. The lowest BCUT2D eigenvalue weighted by Gasteiger charge is -2.26. The van der Waals surface area contributed by atoms with Gasteiger partial charge in [0.15, 0.2) is 0 Å². The highest BCUT2D eigenvalue weighted by molar-refractivity contribution is 7.10. The third-order valence-corrected chi connectivity index (χ3v) is 4.47. The highest BCUT2D eigenvalue weighted by Gasteiger charge is 2.28. The summed E-state index contributed by atoms with van der Waals surface area (Å²) in [6.07, 6.45) is 9.11. The van der Waals surface area contributed by atoms with Crippen molar-refractivity contribution < 1.29 is 0 Å². The quantitative estimate of drug-likeness (QED) is 0.702. The van der Waals surface area contributed by atoms with E-state index in [-0.39, 0.29) is 5.41 Å². The number of aryl methyl sites for hydroxylation is 1. The lowest BCUT2D eigenvalue weighted by atomic mass is 9.81. The van der Waals surface area contributed by atoms with Crippen LogP contribution in [0.3, 0.4) is 0 Å². The Balaban J connectivity index is 2.40.